The van der Waals surface area contributed by atoms with Gasteiger partial charge in [0.25, 0.3) is 0 Å². The Balaban J connectivity index is 1.25. The summed E-state index contributed by atoms with van der Waals surface area (Å²) in [5, 5.41) is 4.56. The monoisotopic (exact) mass is 558 g/mol. The van der Waals surface area contributed by atoms with Crippen LogP contribution in [0.2, 0.25) is 0 Å². The van der Waals surface area contributed by atoms with E-state index in [0.29, 0.717) is 31.5 Å². The second-order valence-electron chi connectivity index (χ2n) is 11.1. The van der Waals surface area contributed by atoms with Crippen LogP contribution in [0, 0.1) is 11.7 Å². The van der Waals surface area contributed by atoms with Crippen molar-refractivity contribution in [3.8, 4) is 0 Å². The largest absolute Gasteiger partial charge is 0.464 e. The van der Waals surface area contributed by atoms with Crippen LogP contribution in [0.3, 0.4) is 0 Å². The lowest BCUT2D eigenvalue weighted by atomic mass is 10.1. The number of fused-ring (bicyclic) bond motifs is 3. The molecule has 40 heavy (non-hydrogen) atoms. The molecule has 2 amide bonds. The first-order chi connectivity index (χ1) is 19.3. The molecule has 218 valence electrons. The summed E-state index contributed by atoms with van der Waals surface area (Å²) in [5.74, 6) is -1.60. The molecule has 0 spiro atoms. The average Bonchev–Trinajstić information content (AvgIpc) is 3.24. The van der Waals surface area contributed by atoms with Crippen molar-refractivity contribution in [2.24, 2.45) is 11.7 Å². The second-order valence-corrected chi connectivity index (χ2v) is 11.1. The highest BCUT2D eigenvalue weighted by Crippen LogP contribution is 2.46. The first-order valence-corrected chi connectivity index (χ1v) is 14.3. The molecule has 1 aromatic rings. The van der Waals surface area contributed by atoms with Gasteiger partial charge >= 0.3 is 5.97 Å². The van der Waals surface area contributed by atoms with E-state index >= 15 is 0 Å². The summed E-state index contributed by atoms with van der Waals surface area (Å²) in [4.78, 5) is 47.1. The van der Waals surface area contributed by atoms with Crippen molar-refractivity contribution in [2.75, 3.05) is 19.9 Å². The number of ether oxygens (including phenoxy) is 2. The van der Waals surface area contributed by atoms with Crippen molar-refractivity contribution >= 4 is 17.8 Å². The van der Waals surface area contributed by atoms with Crippen LogP contribution in [-0.4, -0.2) is 71.4 Å². The summed E-state index contributed by atoms with van der Waals surface area (Å²) in [6.07, 6.45) is 8.38. The Morgan fingerprint density at radius 2 is 2.08 bits per heavy atom. The third kappa shape index (κ3) is 6.07. The lowest BCUT2D eigenvalue weighted by molar-refractivity contribution is -0.239. The van der Waals surface area contributed by atoms with Crippen LogP contribution in [-0.2, 0) is 41.8 Å². The van der Waals surface area contributed by atoms with E-state index < -0.39 is 35.6 Å². The zero-order valence-electron chi connectivity index (χ0n) is 23.0. The number of hydrogen-bond donors (Lipinski definition) is 2. The Morgan fingerprint density at radius 1 is 1.23 bits per heavy atom. The molecule has 10 nitrogen and oxygen atoms in total. The molecule has 11 heteroatoms. The number of rotatable bonds is 6. The van der Waals surface area contributed by atoms with Crippen molar-refractivity contribution in [2.45, 2.75) is 88.7 Å². The molecule has 2 fully saturated rings. The Bertz CT molecular complexity index is 1150. The van der Waals surface area contributed by atoms with Crippen molar-refractivity contribution in [3.05, 3.63) is 47.3 Å². The van der Waals surface area contributed by atoms with Gasteiger partial charge in [-0.05, 0) is 44.2 Å². The summed E-state index contributed by atoms with van der Waals surface area (Å²) < 4.78 is 25.3. The van der Waals surface area contributed by atoms with E-state index in [1.54, 1.807) is 18.1 Å². The zero-order chi connectivity index (χ0) is 28.3. The number of halogens is 1. The lowest BCUT2D eigenvalue weighted by Crippen LogP contribution is -2.55. The van der Waals surface area contributed by atoms with Crippen molar-refractivity contribution in [1.29, 1.82) is 0 Å². The molecule has 0 radical (unpaired) electrons. The molecule has 0 unspecified atom stereocenters. The van der Waals surface area contributed by atoms with E-state index in [4.69, 9.17) is 20.0 Å². The van der Waals surface area contributed by atoms with Gasteiger partial charge in [-0.3, -0.25) is 14.4 Å². The highest BCUT2D eigenvalue weighted by Gasteiger charge is 2.62. The van der Waals surface area contributed by atoms with Crippen LogP contribution in [0.4, 0.5) is 4.39 Å². The Morgan fingerprint density at radius 3 is 2.88 bits per heavy atom. The molecular formula is C29H39FN4O6. The smallest absolute Gasteiger partial charge is 0.332 e. The zero-order valence-corrected chi connectivity index (χ0v) is 23.0. The first-order valence-electron chi connectivity index (χ1n) is 14.3. The number of nitrogens with one attached hydrogen (secondary N) is 1. The van der Waals surface area contributed by atoms with Gasteiger partial charge in [0.1, 0.15) is 17.4 Å². The van der Waals surface area contributed by atoms with Crippen LogP contribution in [0.5, 0.6) is 0 Å². The average molecular weight is 559 g/mol. The van der Waals surface area contributed by atoms with Gasteiger partial charge in [-0.15, -0.1) is 0 Å². The minimum absolute atomic E-state index is 0.109. The number of benzene rings is 1. The van der Waals surface area contributed by atoms with Gasteiger partial charge in [0.15, 0.2) is 6.79 Å². The molecule has 1 saturated heterocycles. The topological polar surface area (TPSA) is 123 Å². The van der Waals surface area contributed by atoms with Crippen LogP contribution < -0.4 is 11.1 Å². The molecule has 1 aliphatic carbocycles. The van der Waals surface area contributed by atoms with E-state index in [1.807, 2.05) is 12.1 Å². The lowest BCUT2D eigenvalue weighted by Gasteiger charge is -2.28. The highest BCUT2D eigenvalue weighted by molar-refractivity contribution is 5.96. The summed E-state index contributed by atoms with van der Waals surface area (Å²) in [5.41, 5.74) is 6.63. The summed E-state index contributed by atoms with van der Waals surface area (Å²) in [7, 11) is 0. The van der Waals surface area contributed by atoms with Gasteiger partial charge in [-0.2, -0.15) is 5.06 Å². The van der Waals surface area contributed by atoms with Gasteiger partial charge in [0, 0.05) is 24.4 Å². The molecule has 0 aromatic heterocycles. The molecule has 4 aliphatic rings. The predicted octanol–water partition coefficient (Wildman–Crippen LogP) is 2.30. The maximum Gasteiger partial charge on any atom is 0.332 e. The van der Waals surface area contributed by atoms with Gasteiger partial charge in [-0.1, -0.05) is 37.1 Å². The minimum atomic E-state index is -1.12. The van der Waals surface area contributed by atoms with Crippen molar-refractivity contribution < 1.29 is 33.1 Å². The molecule has 5 atom stereocenters. The van der Waals surface area contributed by atoms with E-state index in [9.17, 15) is 18.8 Å². The van der Waals surface area contributed by atoms with Gasteiger partial charge in [0.05, 0.1) is 31.8 Å². The SMILES string of the molecule is CCOC(=O)[C@@]12C[C@H]1/C=C\CCCCC[C@H](N)C(=O)N1C[C@H](OCON3Cc4cccc(F)c4C3)C[C@H]1C(=O)N2. The number of carbonyl (C=O) groups is 3. The summed E-state index contributed by atoms with van der Waals surface area (Å²) >= 11 is 0. The van der Waals surface area contributed by atoms with Gasteiger partial charge < -0.3 is 25.4 Å². The number of esters is 1. The normalized spacial score (nSPS) is 31.8. The molecule has 3 N–H and O–H groups in total. The minimum Gasteiger partial charge on any atom is -0.464 e. The predicted molar refractivity (Wildman–Crippen MR) is 142 cm³/mol. The Kier molecular flexibility index (Phi) is 8.84. The fourth-order valence-electron chi connectivity index (χ4n) is 5.97. The molecule has 5 rings (SSSR count). The number of allylic oxidation sites excluding steroid dienone is 1. The maximum atomic E-state index is 14.1. The standard InChI is InChI=1S/C29H39FN4O6/c1-2-38-28(37)29-14-20(29)10-6-4-3-5-7-12-24(31)27(36)34-16-21(13-25(34)26(35)32-29)39-18-40-33-15-19-9-8-11-23(30)22(19)17-33/h6,8-11,20-21,24-25H,2-5,7,12-18,31H2,1H3,(H,32,35)/b10-6-/t20-,21-,24+,25+,29-/m1/s1. The van der Waals surface area contributed by atoms with E-state index in [1.165, 1.54) is 11.0 Å². The number of hydroxylamine groups is 2. The molecule has 1 aromatic carbocycles. The number of nitrogens with two attached hydrogens (primary N) is 1. The molecular weight excluding hydrogens is 519 g/mol. The van der Waals surface area contributed by atoms with E-state index in [0.717, 1.165) is 31.2 Å². The number of carbonyl (C=O) groups excluding carboxylic acids is 3. The third-order valence-electron chi connectivity index (χ3n) is 8.36. The van der Waals surface area contributed by atoms with Gasteiger partial charge in [0.2, 0.25) is 11.8 Å². The van der Waals surface area contributed by atoms with E-state index in [2.05, 4.69) is 11.4 Å². The van der Waals surface area contributed by atoms with Gasteiger partial charge in [-0.25, -0.2) is 9.18 Å². The highest BCUT2D eigenvalue weighted by atomic mass is 19.1. The summed E-state index contributed by atoms with van der Waals surface area (Å²) in [6, 6.07) is 3.40. The van der Waals surface area contributed by atoms with Crippen molar-refractivity contribution in [1.82, 2.24) is 15.3 Å². The van der Waals surface area contributed by atoms with Crippen LogP contribution in [0.15, 0.2) is 30.4 Å². The number of hydrogen-bond acceptors (Lipinski definition) is 8. The first kappa shape index (κ1) is 28.7. The number of amides is 2. The molecule has 0 bridgehead atoms. The second kappa shape index (κ2) is 12.3. The molecule has 3 heterocycles. The molecule has 1 saturated carbocycles. The quantitative estimate of drug-likeness (QED) is 0.310. The third-order valence-corrected chi connectivity index (χ3v) is 8.36. The van der Waals surface area contributed by atoms with Crippen molar-refractivity contribution in [3.63, 3.8) is 0 Å². The van der Waals surface area contributed by atoms with Crippen LogP contribution in [0.25, 0.3) is 0 Å². The van der Waals surface area contributed by atoms with Crippen LogP contribution >= 0.6 is 0 Å². The Hall–Kier alpha value is -2.86. The van der Waals surface area contributed by atoms with E-state index in [-0.39, 0.29) is 44.0 Å². The molecule has 3 aliphatic heterocycles. The van der Waals surface area contributed by atoms with Crippen LogP contribution in [0.1, 0.15) is 63.0 Å². The Labute approximate surface area is 233 Å². The summed E-state index contributed by atoms with van der Waals surface area (Å²) in [6.45, 7) is 2.76. The maximum absolute atomic E-state index is 14.1. The number of nitrogens with zero attached hydrogens (tertiary/aromatic N) is 2. The fourth-order valence-corrected chi connectivity index (χ4v) is 5.97. The fraction of sp³-hybridized carbons (Fsp3) is 0.621.